The number of aromatic carboxylic acids is 1. The average Bonchev–Trinajstić information content (AvgIpc) is 2.83. The Hall–Kier alpha value is -2.77. The molecule has 8 heteroatoms. The average molecular weight is 304 g/mol. The predicted octanol–water partition coefficient (Wildman–Crippen LogP) is 1.31. The van der Waals surface area contributed by atoms with Crippen molar-refractivity contribution in [3.8, 4) is 0 Å². The Morgan fingerprint density at radius 1 is 1.27 bits per heavy atom. The topological polar surface area (TPSA) is 118 Å². The van der Waals surface area contributed by atoms with Crippen LogP contribution in [0.15, 0.2) is 16.9 Å². The van der Waals surface area contributed by atoms with Crippen LogP contribution in [0.3, 0.4) is 0 Å². The predicted molar refractivity (Wildman–Crippen MR) is 75.7 cm³/mol. The number of nitrogens with zero attached hydrogens (tertiary/aromatic N) is 3. The standard InChI is InChI=1S/C14H16N4O4/c1-7(12-8(2)18-22-9(12)3)4-17-13(19)10-5-16-11(6-15-10)14(20)21/h5-7H,4H2,1-3H3,(H,17,19)(H,20,21). The lowest BCUT2D eigenvalue weighted by molar-refractivity contribution is 0.0689. The van der Waals surface area contributed by atoms with Crippen LogP contribution in [0.4, 0.5) is 0 Å². The van der Waals surface area contributed by atoms with Gasteiger partial charge in [-0.3, -0.25) is 4.79 Å². The van der Waals surface area contributed by atoms with Gasteiger partial charge in [0.1, 0.15) is 11.5 Å². The van der Waals surface area contributed by atoms with E-state index in [0.29, 0.717) is 6.54 Å². The zero-order chi connectivity index (χ0) is 16.3. The minimum absolute atomic E-state index is 0.0291. The van der Waals surface area contributed by atoms with E-state index in [1.165, 1.54) is 0 Å². The smallest absolute Gasteiger partial charge is 0.356 e. The van der Waals surface area contributed by atoms with E-state index in [-0.39, 0.29) is 17.3 Å². The number of aryl methyl sites for hydroxylation is 2. The van der Waals surface area contributed by atoms with Gasteiger partial charge in [0, 0.05) is 18.0 Å². The second-order valence-electron chi connectivity index (χ2n) is 4.94. The van der Waals surface area contributed by atoms with Gasteiger partial charge >= 0.3 is 5.97 Å². The van der Waals surface area contributed by atoms with Crippen molar-refractivity contribution in [3.05, 3.63) is 40.8 Å². The van der Waals surface area contributed by atoms with Gasteiger partial charge in [-0.1, -0.05) is 12.1 Å². The Morgan fingerprint density at radius 2 is 1.91 bits per heavy atom. The maximum atomic E-state index is 12.0. The van der Waals surface area contributed by atoms with Crippen molar-refractivity contribution in [2.45, 2.75) is 26.7 Å². The zero-order valence-electron chi connectivity index (χ0n) is 12.5. The third-order valence-corrected chi connectivity index (χ3v) is 3.25. The van der Waals surface area contributed by atoms with Gasteiger partial charge in [-0.2, -0.15) is 0 Å². The lowest BCUT2D eigenvalue weighted by Crippen LogP contribution is -2.28. The van der Waals surface area contributed by atoms with Crippen LogP contribution in [0.5, 0.6) is 0 Å². The lowest BCUT2D eigenvalue weighted by atomic mass is 9.99. The molecule has 0 aliphatic carbocycles. The molecule has 0 saturated carbocycles. The summed E-state index contributed by atoms with van der Waals surface area (Å²) in [6.45, 7) is 6.00. The van der Waals surface area contributed by atoms with Crippen molar-refractivity contribution in [2.75, 3.05) is 6.54 Å². The highest BCUT2D eigenvalue weighted by Crippen LogP contribution is 2.22. The van der Waals surface area contributed by atoms with Crippen molar-refractivity contribution in [1.29, 1.82) is 0 Å². The third kappa shape index (κ3) is 3.27. The maximum Gasteiger partial charge on any atom is 0.356 e. The van der Waals surface area contributed by atoms with Crippen molar-refractivity contribution in [1.82, 2.24) is 20.4 Å². The van der Waals surface area contributed by atoms with Crippen LogP contribution >= 0.6 is 0 Å². The van der Waals surface area contributed by atoms with Gasteiger partial charge in [-0.25, -0.2) is 14.8 Å². The second kappa shape index (κ2) is 6.33. The van der Waals surface area contributed by atoms with Crippen molar-refractivity contribution >= 4 is 11.9 Å². The van der Waals surface area contributed by atoms with Crippen LogP contribution in [0.1, 0.15) is 50.8 Å². The molecule has 0 bridgehead atoms. The summed E-state index contributed by atoms with van der Waals surface area (Å²) in [5, 5.41) is 15.3. The van der Waals surface area contributed by atoms with Gasteiger partial charge in [0.2, 0.25) is 0 Å². The molecule has 1 amide bonds. The highest BCUT2D eigenvalue weighted by Gasteiger charge is 2.18. The van der Waals surface area contributed by atoms with Crippen LogP contribution in [-0.4, -0.2) is 38.7 Å². The van der Waals surface area contributed by atoms with E-state index in [1.807, 2.05) is 20.8 Å². The maximum absolute atomic E-state index is 12.0. The van der Waals surface area contributed by atoms with E-state index in [1.54, 1.807) is 0 Å². The summed E-state index contributed by atoms with van der Waals surface area (Å²) in [4.78, 5) is 30.1. The molecule has 0 radical (unpaired) electrons. The summed E-state index contributed by atoms with van der Waals surface area (Å²) < 4.78 is 5.10. The molecule has 0 aliphatic rings. The molecular weight excluding hydrogens is 288 g/mol. The number of nitrogens with one attached hydrogen (secondary N) is 1. The minimum atomic E-state index is -1.19. The van der Waals surface area contributed by atoms with Crippen LogP contribution in [0.25, 0.3) is 0 Å². The van der Waals surface area contributed by atoms with Gasteiger partial charge in [0.15, 0.2) is 5.69 Å². The van der Waals surface area contributed by atoms with E-state index in [2.05, 4.69) is 20.4 Å². The first-order valence-electron chi connectivity index (χ1n) is 6.66. The molecule has 0 aromatic carbocycles. The normalized spacial score (nSPS) is 12.0. The van der Waals surface area contributed by atoms with E-state index in [0.717, 1.165) is 29.4 Å². The highest BCUT2D eigenvalue weighted by atomic mass is 16.5. The SMILES string of the molecule is Cc1noc(C)c1C(C)CNC(=O)c1cnc(C(=O)O)cn1. The Labute approximate surface area is 126 Å². The number of carbonyl (C=O) groups excluding carboxylic acids is 1. The molecule has 22 heavy (non-hydrogen) atoms. The Balaban J connectivity index is 1.99. The second-order valence-corrected chi connectivity index (χ2v) is 4.94. The fraction of sp³-hybridized carbons (Fsp3) is 0.357. The molecule has 8 nitrogen and oxygen atoms in total. The number of carboxylic acids is 1. The van der Waals surface area contributed by atoms with E-state index in [4.69, 9.17) is 9.63 Å². The van der Waals surface area contributed by atoms with Gasteiger partial charge < -0.3 is 14.9 Å². The molecule has 0 spiro atoms. The van der Waals surface area contributed by atoms with Gasteiger partial charge in [-0.15, -0.1) is 0 Å². The summed E-state index contributed by atoms with van der Waals surface area (Å²) >= 11 is 0. The number of aromatic nitrogens is 3. The number of amides is 1. The summed E-state index contributed by atoms with van der Waals surface area (Å²) in [5.41, 5.74) is 1.62. The first-order chi connectivity index (χ1) is 10.4. The number of rotatable bonds is 5. The molecule has 2 heterocycles. The Bertz CT molecular complexity index is 674. The first-order valence-corrected chi connectivity index (χ1v) is 6.66. The molecule has 0 fully saturated rings. The summed E-state index contributed by atoms with van der Waals surface area (Å²) in [6.07, 6.45) is 2.19. The minimum Gasteiger partial charge on any atom is -0.476 e. The third-order valence-electron chi connectivity index (χ3n) is 3.25. The quantitative estimate of drug-likeness (QED) is 0.854. The van der Waals surface area contributed by atoms with E-state index < -0.39 is 11.9 Å². The van der Waals surface area contributed by atoms with Crippen LogP contribution < -0.4 is 5.32 Å². The monoisotopic (exact) mass is 304 g/mol. The fourth-order valence-electron chi connectivity index (χ4n) is 2.19. The largest absolute Gasteiger partial charge is 0.476 e. The number of hydrogen-bond donors (Lipinski definition) is 2. The summed E-state index contributed by atoms with van der Waals surface area (Å²) in [5.74, 6) is -0.846. The lowest BCUT2D eigenvalue weighted by Gasteiger charge is -2.12. The van der Waals surface area contributed by atoms with Crippen molar-refractivity contribution in [3.63, 3.8) is 0 Å². The summed E-state index contributed by atoms with van der Waals surface area (Å²) in [7, 11) is 0. The Kier molecular flexibility index (Phi) is 4.50. The highest BCUT2D eigenvalue weighted by molar-refractivity contribution is 5.92. The zero-order valence-corrected chi connectivity index (χ0v) is 12.5. The number of carbonyl (C=O) groups is 2. The van der Waals surface area contributed by atoms with Crippen molar-refractivity contribution < 1.29 is 19.2 Å². The molecule has 2 rings (SSSR count). The van der Waals surface area contributed by atoms with E-state index >= 15 is 0 Å². The van der Waals surface area contributed by atoms with E-state index in [9.17, 15) is 9.59 Å². The van der Waals surface area contributed by atoms with Crippen molar-refractivity contribution in [2.24, 2.45) is 0 Å². The molecule has 116 valence electrons. The molecular formula is C14H16N4O4. The first kappa shape index (κ1) is 15.6. The molecule has 1 atom stereocenters. The van der Waals surface area contributed by atoms with Gasteiger partial charge in [0.25, 0.3) is 5.91 Å². The molecule has 0 aliphatic heterocycles. The number of carboxylic acid groups (broad SMARTS) is 1. The van der Waals surface area contributed by atoms with Crippen LogP contribution in [0, 0.1) is 13.8 Å². The van der Waals surface area contributed by atoms with Gasteiger partial charge in [-0.05, 0) is 13.8 Å². The number of hydrogen-bond acceptors (Lipinski definition) is 6. The Morgan fingerprint density at radius 3 is 2.41 bits per heavy atom. The molecule has 2 aromatic heterocycles. The molecule has 2 aromatic rings. The van der Waals surface area contributed by atoms with Crippen LogP contribution in [0.2, 0.25) is 0 Å². The summed E-state index contributed by atoms with van der Waals surface area (Å²) in [6, 6.07) is 0. The molecule has 0 saturated heterocycles. The molecule has 2 N–H and O–H groups in total. The molecule has 1 unspecified atom stereocenters. The van der Waals surface area contributed by atoms with Gasteiger partial charge in [0.05, 0.1) is 18.1 Å². The fourth-order valence-corrected chi connectivity index (χ4v) is 2.19. The van der Waals surface area contributed by atoms with Crippen LogP contribution in [-0.2, 0) is 0 Å².